The van der Waals surface area contributed by atoms with Crippen molar-refractivity contribution < 1.29 is 22.7 Å². The molecule has 1 saturated carbocycles. The summed E-state index contributed by atoms with van der Waals surface area (Å²) in [5, 5.41) is 3.03. The van der Waals surface area contributed by atoms with Gasteiger partial charge in [0.2, 0.25) is 0 Å². The lowest BCUT2D eigenvalue weighted by atomic mass is 9.79. The molecule has 0 aliphatic heterocycles. The van der Waals surface area contributed by atoms with Gasteiger partial charge in [0, 0.05) is 29.7 Å². The van der Waals surface area contributed by atoms with Crippen molar-refractivity contribution in [2.75, 3.05) is 6.54 Å². The lowest BCUT2D eigenvalue weighted by molar-refractivity contribution is -0.274. The van der Waals surface area contributed by atoms with Crippen LogP contribution in [0.5, 0.6) is 5.75 Å². The zero-order valence-electron chi connectivity index (χ0n) is 19.2. The number of pyridine rings is 1. The highest BCUT2D eigenvalue weighted by atomic mass is 19.4. The van der Waals surface area contributed by atoms with E-state index < -0.39 is 6.36 Å². The summed E-state index contributed by atoms with van der Waals surface area (Å²) in [4.78, 5) is 20.3. The fourth-order valence-corrected chi connectivity index (χ4v) is 4.70. The van der Waals surface area contributed by atoms with Gasteiger partial charge in [0.05, 0.1) is 11.3 Å². The van der Waals surface area contributed by atoms with Crippen molar-refractivity contribution in [2.45, 2.75) is 51.8 Å². The Bertz CT molecular complexity index is 1150. The number of aryl methyl sites for hydroxylation is 2. The van der Waals surface area contributed by atoms with Crippen LogP contribution in [0.4, 0.5) is 13.2 Å². The van der Waals surface area contributed by atoms with Crippen LogP contribution in [-0.4, -0.2) is 28.8 Å². The number of nitrogens with zero attached hydrogens (tertiary/aromatic N) is 1. The van der Waals surface area contributed by atoms with E-state index in [0.29, 0.717) is 35.2 Å². The van der Waals surface area contributed by atoms with Gasteiger partial charge in [0.25, 0.3) is 5.91 Å². The molecule has 0 unspecified atom stereocenters. The lowest BCUT2D eigenvalue weighted by Crippen LogP contribution is -2.31. The number of aromatic amines is 1. The van der Waals surface area contributed by atoms with Gasteiger partial charge in [-0.3, -0.25) is 9.78 Å². The standard InChI is InChI=1S/C26H28F3N3O2/c1-16-12-20(10-11-30-16)19-8-6-18(7-9-19)15-31-25(33)23-13-17(2)32-24(23)21-4-3-5-22(14-21)34-26(27,28)29/h3-5,10-14,18-19,32H,6-9,15H2,1-2H3,(H,31,33). The van der Waals surface area contributed by atoms with E-state index in [-0.39, 0.29) is 11.7 Å². The van der Waals surface area contributed by atoms with E-state index in [1.54, 1.807) is 19.1 Å². The lowest BCUT2D eigenvalue weighted by Gasteiger charge is -2.29. The fraction of sp³-hybridized carbons (Fsp3) is 0.385. The number of carbonyl (C=O) groups is 1. The van der Waals surface area contributed by atoms with Crippen molar-refractivity contribution >= 4 is 5.91 Å². The number of ether oxygens (including phenoxy) is 1. The summed E-state index contributed by atoms with van der Waals surface area (Å²) in [6.45, 7) is 4.38. The van der Waals surface area contributed by atoms with Gasteiger partial charge in [0.1, 0.15) is 5.75 Å². The highest BCUT2D eigenvalue weighted by Crippen LogP contribution is 2.36. The molecule has 0 bridgehead atoms. The zero-order chi connectivity index (χ0) is 24.3. The maximum Gasteiger partial charge on any atom is 0.573 e. The normalized spacial score (nSPS) is 18.5. The van der Waals surface area contributed by atoms with Crippen LogP contribution >= 0.6 is 0 Å². The minimum atomic E-state index is -4.78. The summed E-state index contributed by atoms with van der Waals surface area (Å²) in [5.74, 6) is 0.354. The topological polar surface area (TPSA) is 67.0 Å². The Balaban J connectivity index is 1.38. The van der Waals surface area contributed by atoms with Gasteiger partial charge in [0.15, 0.2) is 0 Å². The Morgan fingerprint density at radius 1 is 1.12 bits per heavy atom. The SMILES string of the molecule is Cc1cc(C2CCC(CNC(=O)c3cc(C)[nH]c3-c3cccc(OC(F)(F)F)c3)CC2)ccn1. The van der Waals surface area contributed by atoms with E-state index in [1.807, 2.05) is 13.1 Å². The molecular weight excluding hydrogens is 443 g/mol. The Labute approximate surface area is 196 Å². The molecule has 34 heavy (non-hydrogen) atoms. The second-order valence-corrected chi connectivity index (χ2v) is 8.97. The summed E-state index contributed by atoms with van der Waals surface area (Å²) < 4.78 is 41.8. The third kappa shape index (κ3) is 5.98. The van der Waals surface area contributed by atoms with Crippen LogP contribution in [0.15, 0.2) is 48.7 Å². The van der Waals surface area contributed by atoms with E-state index in [4.69, 9.17) is 0 Å². The molecule has 0 atom stereocenters. The number of rotatable bonds is 6. The third-order valence-electron chi connectivity index (χ3n) is 6.34. The molecule has 1 aliphatic carbocycles. The average Bonchev–Trinajstić information content (AvgIpc) is 3.19. The maximum atomic E-state index is 13.0. The van der Waals surface area contributed by atoms with Gasteiger partial charge in [-0.05, 0) is 87.3 Å². The number of hydrogen-bond acceptors (Lipinski definition) is 3. The number of carbonyl (C=O) groups excluding carboxylic acids is 1. The monoisotopic (exact) mass is 471 g/mol. The highest BCUT2D eigenvalue weighted by molar-refractivity contribution is 6.00. The minimum Gasteiger partial charge on any atom is -0.406 e. The molecule has 0 radical (unpaired) electrons. The Hall–Kier alpha value is -3.29. The molecule has 0 saturated heterocycles. The summed E-state index contributed by atoms with van der Waals surface area (Å²) in [7, 11) is 0. The molecule has 5 nitrogen and oxygen atoms in total. The van der Waals surface area contributed by atoms with Crippen LogP contribution in [0.25, 0.3) is 11.3 Å². The predicted octanol–water partition coefficient (Wildman–Crippen LogP) is 6.30. The largest absolute Gasteiger partial charge is 0.573 e. The first-order chi connectivity index (χ1) is 16.2. The number of alkyl halides is 3. The molecule has 0 spiro atoms. The molecule has 1 fully saturated rings. The molecule has 2 N–H and O–H groups in total. The third-order valence-corrected chi connectivity index (χ3v) is 6.34. The van der Waals surface area contributed by atoms with Crippen molar-refractivity contribution in [3.05, 3.63) is 71.2 Å². The molecule has 180 valence electrons. The molecule has 2 aromatic heterocycles. The van der Waals surface area contributed by atoms with Crippen LogP contribution in [0.3, 0.4) is 0 Å². The number of nitrogens with one attached hydrogen (secondary N) is 2. The maximum absolute atomic E-state index is 13.0. The van der Waals surface area contributed by atoms with Crippen molar-refractivity contribution in [3.63, 3.8) is 0 Å². The fourth-order valence-electron chi connectivity index (χ4n) is 4.70. The number of hydrogen-bond donors (Lipinski definition) is 2. The number of amides is 1. The van der Waals surface area contributed by atoms with Crippen molar-refractivity contribution in [1.29, 1.82) is 0 Å². The second kappa shape index (κ2) is 9.91. The quantitative estimate of drug-likeness (QED) is 0.444. The molecule has 4 rings (SSSR count). The van der Waals surface area contributed by atoms with Gasteiger partial charge >= 0.3 is 6.36 Å². The van der Waals surface area contributed by atoms with Gasteiger partial charge in [-0.2, -0.15) is 0 Å². The molecular formula is C26H28F3N3O2. The molecule has 8 heteroatoms. The highest BCUT2D eigenvalue weighted by Gasteiger charge is 2.31. The van der Waals surface area contributed by atoms with Crippen molar-refractivity contribution in [1.82, 2.24) is 15.3 Å². The Kier molecular flexibility index (Phi) is 6.95. The van der Waals surface area contributed by atoms with Gasteiger partial charge in [-0.1, -0.05) is 12.1 Å². The second-order valence-electron chi connectivity index (χ2n) is 8.97. The van der Waals surface area contributed by atoms with E-state index in [9.17, 15) is 18.0 Å². The van der Waals surface area contributed by atoms with E-state index >= 15 is 0 Å². The Morgan fingerprint density at radius 2 is 1.88 bits per heavy atom. The first-order valence-corrected chi connectivity index (χ1v) is 11.4. The summed E-state index contributed by atoms with van der Waals surface area (Å²) in [6, 6.07) is 11.6. The number of aromatic nitrogens is 2. The summed E-state index contributed by atoms with van der Waals surface area (Å²) in [6.07, 6.45) is 1.29. The van der Waals surface area contributed by atoms with Crippen molar-refractivity contribution in [2.24, 2.45) is 5.92 Å². The first-order valence-electron chi connectivity index (χ1n) is 11.4. The van der Waals surface area contributed by atoms with Crippen LogP contribution in [0, 0.1) is 19.8 Å². The van der Waals surface area contributed by atoms with Crippen LogP contribution < -0.4 is 10.1 Å². The predicted molar refractivity (Wildman–Crippen MR) is 124 cm³/mol. The van der Waals surface area contributed by atoms with Crippen LogP contribution in [0.2, 0.25) is 0 Å². The first kappa shape index (κ1) is 23.9. The minimum absolute atomic E-state index is 0.242. The smallest absolute Gasteiger partial charge is 0.406 e. The number of H-pyrrole nitrogens is 1. The van der Waals surface area contributed by atoms with Crippen LogP contribution in [-0.2, 0) is 0 Å². The molecule has 1 aliphatic rings. The van der Waals surface area contributed by atoms with E-state index in [2.05, 4.69) is 32.2 Å². The molecule has 2 heterocycles. The van der Waals surface area contributed by atoms with Gasteiger partial charge in [-0.25, -0.2) is 0 Å². The van der Waals surface area contributed by atoms with E-state index in [0.717, 1.165) is 37.1 Å². The summed E-state index contributed by atoms with van der Waals surface area (Å²) >= 11 is 0. The molecule has 3 aromatic rings. The number of benzene rings is 1. The van der Waals surface area contributed by atoms with Gasteiger partial charge < -0.3 is 15.0 Å². The molecule has 1 aromatic carbocycles. The van der Waals surface area contributed by atoms with Crippen LogP contribution in [0.1, 0.15) is 58.9 Å². The molecule has 1 amide bonds. The summed E-state index contributed by atoms with van der Waals surface area (Å²) in [5.41, 5.74) is 4.43. The number of halogens is 3. The van der Waals surface area contributed by atoms with Gasteiger partial charge in [-0.15, -0.1) is 13.2 Å². The zero-order valence-corrected chi connectivity index (χ0v) is 19.2. The van der Waals surface area contributed by atoms with E-state index in [1.165, 1.54) is 23.8 Å². The van der Waals surface area contributed by atoms with Crippen molar-refractivity contribution in [3.8, 4) is 17.0 Å². The average molecular weight is 472 g/mol. The Morgan fingerprint density at radius 3 is 2.59 bits per heavy atom.